The highest BCUT2D eigenvalue weighted by Gasteiger charge is 2.13. The molecule has 0 aliphatic heterocycles. The Morgan fingerprint density at radius 1 is 1.22 bits per heavy atom. The van der Waals surface area contributed by atoms with Crippen LogP contribution in [0.25, 0.3) is 0 Å². The average Bonchev–Trinajstić information content (AvgIpc) is 2.42. The van der Waals surface area contributed by atoms with Gasteiger partial charge in [0.15, 0.2) is 0 Å². The fourth-order valence-electron chi connectivity index (χ4n) is 2.02. The van der Waals surface area contributed by atoms with E-state index < -0.39 is 6.10 Å². The van der Waals surface area contributed by atoms with Crippen molar-refractivity contribution in [2.24, 2.45) is 5.73 Å². The molecule has 0 aromatic heterocycles. The number of aliphatic hydroxyl groups excluding tert-OH is 1. The summed E-state index contributed by atoms with van der Waals surface area (Å²) < 4.78 is 5.56. The smallest absolute Gasteiger partial charge is 0.119 e. The van der Waals surface area contributed by atoms with E-state index in [1.807, 2.05) is 12.1 Å². The van der Waals surface area contributed by atoms with Gasteiger partial charge in [-0.05, 0) is 42.9 Å². The summed E-state index contributed by atoms with van der Waals surface area (Å²) in [6.07, 6.45) is 2.34. The number of hydrogen-bond acceptors (Lipinski definition) is 3. The highest BCUT2D eigenvalue weighted by molar-refractivity contribution is 5.29. The molecular weight excluding hydrogens is 226 g/mol. The summed E-state index contributed by atoms with van der Waals surface area (Å²) >= 11 is 0. The lowest BCUT2D eigenvalue weighted by Gasteiger charge is -2.18. The standard InChI is InChI=1S/C15H25NO2/c1-3-9-18-15-7-5-13(6-8-15)12(4-2)10-14(17)11-16/h5-8,12,14,17H,3-4,9-11,16H2,1-2H3. The maximum absolute atomic E-state index is 9.64. The van der Waals surface area contributed by atoms with E-state index in [0.29, 0.717) is 12.5 Å². The minimum atomic E-state index is -0.411. The second-order valence-corrected chi connectivity index (χ2v) is 4.65. The van der Waals surface area contributed by atoms with E-state index in [1.54, 1.807) is 0 Å². The second-order valence-electron chi connectivity index (χ2n) is 4.65. The van der Waals surface area contributed by atoms with Crippen LogP contribution in [-0.4, -0.2) is 24.4 Å². The minimum absolute atomic E-state index is 0.328. The first-order valence-electron chi connectivity index (χ1n) is 6.82. The number of hydrogen-bond donors (Lipinski definition) is 2. The lowest BCUT2D eigenvalue weighted by Crippen LogP contribution is -2.22. The third-order valence-electron chi connectivity index (χ3n) is 3.15. The first-order chi connectivity index (χ1) is 8.71. The zero-order chi connectivity index (χ0) is 13.4. The predicted octanol–water partition coefficient (Wildman–Crippen LogP) is 2.68. The molecule has 3 heteroatoms. The number of nitrogens with two attached hydrogens (primary N) is 1. The van der Waals surface area contributed by atoms with Crippen molar-refractivity contribution in [1.29, 1.82) is 0 Å². The molecule has 0 bridgehead atoms. The van der Waals surface area contributed by atoms with Crippen molar-refractivity contribution >= 4 is 0 Å². The summed E-state index contributed by atoms with van der Waals surface area (Å²) in [7, 11) is 0. The Balaban J connectivity index is 2.63. The Hall–Kier alpha value is -1.06. The lowest BCUT2D eigenvalue weighted by atomic mass is 9.91. The molecule has 0 saturated carbocycles. The molecule has 3 N–H and O–H groups in total. The van der Waals surface area contributed by atoms with Crippen molar-refractivity contribution in [2.75, 3.05) is 13.2 Å². The monoisotopic (exact) mass is 251 g/mol. The van der Waals surface area contributed by atoms with Gasteiger partial charge in [-0.3, -0.25) is 0 Å². The third kappa shape index (κ3) is 4.67. The van der Waals surface area contributed by atoms with E-state index in [2.05, 4.69) is 26.0 Å². The third-order valence-corrected chi connectivity index (χ3v) is 3.15. The zero-order valence-corrected chi connectivity index (χ0v) is 11.4. The van der Waals surface area contributed by atoms with Gasteiger partial charge in [-0.15, -0.1) is 0 Å². The Bertz CT molecular complexity index is 324. The summed E-state index contributed by atoms with van der Waals surface area (Å²) in [6, 6.07) is 8.18. The van der Waals surface area contributed by atoms with Crippen LogP contribution in [0.1, 0.15) is 44.6 Å². The van der Waals surface area contributed by atoms with Crippen LogP contribution in [0.4, 0.5) is 0 Å². The van der Waals surface area contributed by atoms with E-state index >= 15 is 0 Å². The predicted molar refractivity (Wildman–Crippen MR) is 74.9 cm³/mol. The lowest BCUT2D eigenvalue weighted by molar-refractivity contribution is 0.162. The van der Waals surface area contributed by atoms with Gasteiger partial charge in [-0.1, -0.05) is 26.0 Å². The molecule has 18 heavy (non-hydrogen) atoms. The van der Waals surface area contributed by atoms with Crippen LogP contribution >= 0.6 is 0 Å². The Kier molecular flexibility index (Phi) is 6.76. The number of ether oxygens (including phenoxy) is 1. The summed E-state index contributed by atoms with van der Waals surface area (Å²) in [5.74, 6) is 1.28. The first kappa shape index (κ1) is 15.0. The highest BCUT2D eigenvalue weighted by atomic mass is 16.5. The van der Waals surface area contributed by atoms with Crippen LogP contribution in [0.15, 0.2) is 24.3 Å². The van der Waals surface area contributed by atoms with Crippen molar-refractivity contribution in [3.63, 3.8) is 0 Å². The van der Waals surface area contributed by atoms with E-state index in [0.717, 1.165) is 31.6 Å². The first-order valence-corrected chi connectivity index (χ1v) is 6.82. The van der Waals surface area contributed by atoms with Gasteiger partial charge in [0, 0.05) is 6.54 Å². The van der Waals surface area contributed by atoms with Crippen molar-refractivity contribution in [1.82, 2.24) is 0 Å². The Morgan fingerprint density at radius 3 is 2.39 bits per heavy atom. The number of benzene rings is 1. The van der Waals surface area contributed by atoms with Gasteiger partial charge in [-0.25, -0.2) is 0 Å². The maximum atomic E-state index is 9.64. The molecular formula is C15H25NO2. The molecule has 0 radical (unpaired) electrons. The normalized spacial score (nSPS) is 14.2. The maximum Gasteiger partial charge on any atom is 0.119 e. The van der Waals surface area contributed by atoms with E-state index in [9.17, 15) is 5.11 Å². The van der Waals surface area contributed by atoms with Crippen LogP contribution in [0, 0.1) is 0 Å². The molecule has 1 aromatic rings. The molecule has 0 amide bonds. The van der Waals surface area contributed by atoms with Gasteiger partial charge in [-0.2, -0.15) is 0 Å². The second kappa shape index (κ2) is 8.11. The van der Waals surface area contributed by atoms with Gasteiger partial charge in [0.2, 0.25) is 0 Å². The summed E-state index contributed by atoms with van der Waals surface area (Å²) in [4.78, 5) is 0. The van der Waals surface area contributed by atoms with Crippen LogP contribution < -0.4 is 10.5 Å². The van der Waals surface area contributed by atoms with Crippen molar-refractivity contribution in [2.45, 2.75) is 45.1 Å². The SMILES string of the molecule is CCCOc1ccc(C(CC)CC(O)CN)cc1. The van der Waals surface area contributed by atoms with Gasteiger partial charge in [0.05, 0.1) is 12.7 Å². The van der Waals surface area contributed by atoms with Crippen molar-refractivity contribution in [3.8, 4) is 5.75 Å². The molecule has 0 fully saturated rings. The van der Waals surface area contributed by atoms with Gasteiger partial charge >= 0.3 is 0 Å². The van der Waals surface area contributed by atoms with Crippen LogP contribution in [0.3, 0.4) is 0 Å². The molecule has 0 aliphatic rings. The molecule has 1 aromatic carbocycles. The van der Waals surface area contributed by atoms with Crippen LogP contribution in [0.2, 0.25) is 0 Å². The van der Waals surface area contributed by atoms with Gasteiger partial charge in [0.1, 0.15) is 5.75 Å². The van der Waals surface area contributed by atoms with Crippen molar-refractivity contribution in [3.05, 3.63) is 29.8 Å². The van der Waals surface area contributed by atoms with Gasteiger partial charge in [0.25, 0.3) is 0 Å². The molecule has 102 valence electrons. The van der Waals surface area contributed by atoms with E-state index in [-0.39, 0.29) is 0 Å². The zero-order valence-electron chi connectivity index (χ0n) is 11.4. The summed E-state index contributed by atoms with van der Waals surface area (Å²) in [5, 5.41) is 9.64. The summed E-state index contributed by atoms with van der Waals surface area (Å²) in [5.41, 5.74) is 6.71. The topological polar surface area (TPSA) is 55.5 Å². The molecule has 0 aliphatic carbocycles. The summed E-state index contributed by atoms with van der Waals surface area (Å²) in [6.45, 7) is 5.31. The Morgan fingerprint density at radius 2 is 1.89 bits per heavy atom. The fraction of sp³-hybridized carbons (Fsp3) is 0.600. The van der Waals surface area contributed by atoms with Crippen molar-refractivity contribution < 1.29 is 9.84 Å². The minimum Gasteiger partial charge on any atom is -0.494 e. The molecule has 3 nitrogen and oxygen atoms in total. The highest BCUT2D eigenvalue weighted by Crippen LogP contribution is 2.26. The number of rotatable bonds is 8. The molecule has 0 saturated heterocycles. The van der Waals surface area contributed by atoms with Gasteiger partial charge < -0.3 is 15.6 Å². The van der Waals surface area contributed by atoms with Crippen LogP contribution in [-0.2, 0) is 0 Å². The van der Waals surface area contributed by atoms with E-state index in [1.165, 1.54) is 5.56 Å². The van der Waals surface area contributed by atoms with Crippen LogP contribution in [0.5, 0.6) is 5.75 Å². The largest absolute Gasteiger partial charge is 0.494 e. The average molecular weight is 251 g/mol. The molecule has 2 unspecified atom stereocenters. The molecule has 0 heterocycles. The number of aliphatic hydroxyl groups is 1. The molecule has 2 atom stereocenters. The quantitative estimate of drug-likeness (QED) is 0.747. The molecule has 0 spiro atoms. The fourth-order valence-corrected chi connectivity index (χ4v) is 2.02. The molecule has 1 rings (SSSR count). The van der Waals surface area contributed by atoms with E-state index in [4.69, 9.17) is 10.5 Å². The Labute approximate surface area is 110 Å².